The molecule has 3 aromatic rings. The zero-order chi connectivity index (χ0) is 18.8. The number of carbonyl (C=O) groups is 1. The number of hydrogen-bond donors (Lipinski definition) is 1. The van der Waals surface area contributed by atoms with Crippen LogP contribution in [-0.2, 0) is 13.1 Å². The van der Waals surface area contributed by atoms with E-state index in [1.807, 2.05) is 54.5 Å². The van der Waals surface area contributed by atoms with Crippen molar-refractivity contribution < 1.29 is 4.79 Å². The molecule has 3 heterocycles. The average molecular weight is 364 g/mol. The number of carbonyl (C=O) groups excluding carboxylic acids is 1. The summed E-state index contributed by atoms with van der Waals surface area (Å²) in [5.74, 6) is 0.0947. The molecule has 6 heteroatoms. The summed E-state index contributed by atoms with van der Waals surface area (Å²) in [7, 11) is 0. The van der Waals surface area contributed by atoms with Gasteiger partial charge < -0.3 is 14.5 Å². The fourth-order valence-corrected chi connectivity index (χ4v) is 3.66. The van der Waals surface area contributed by atoms with Crippen LogP contribution in [0.5, 0.6) is 0 Å². The second-order valence-corrected chi connectivity index (χ2v) is 7.01. The lowest BCUT2D eigenvalue weighted by atomic mass is 10.1. The van der Waals surface area contributed by atoms with Crippen molar-refractivity contribution in [1.29, 1.82) is 0 Å². The Morgan fingerprint density at radius 1 is 1.07 bits per heavy atom. The highest BCUT2D eigenvalue weighted by molar-refractivity contribution is 5.98. The predicted molar refractivity (Wildman–Crippen MR) is 106 cm³/mol. The van der Waals surface area contributed by atoms with Crippen LogP contribution in [0, 0.1) is 0 Å². The second-order valence-electron chi connectivity index (χ2n) is 7.01. The lowest BCUT2D eigenvalue weighted by molar-refractivity contribution is 0.0628. The first kappa shape index (κ1) is 17.5. The molecule has 1 N–H and O–H groups in total. The molecule has 1 aromatic carbocycles. The third kappa shape index (κ3) is 3.66. The van der Waals surface area contributed by atoms with Crippen LogP contribution in [0.3, 0.4) is 0 Å². The molecule has 0 radical (unpaired) electrons. The summed E-state index contributed by atoms with van der Waals surface area (Å²) in [6.07, 6.45) is 3.82. The standard InChI is InChI=1S/C21H24N4O2/c1-2-24-15-16(3-6-20(24)26)14-23-9-11-25(12-10-23)21(27)18-4-5-19-17(13-18)7-8-22-19/h3-8,13,15,22H,2,9-12,14H2,1H3. The van der Waals surface area contributed by atoms with Crippen LogP contribution in [0.25, 0.3) is 10.9 Å². The van der Waals surface area contributed by atoms with Gasteiger partial charge in [0, 0.05) is 74.2 Å². The number of hydrogen-bond acceptors (Lipinski definition) is 3. The first-order chi connectivity index (χ1) is 13.1. The molecule has 1 aliphatic heterocycles. The highest BCUT2D eigenvalue weighted by Gasteiger charge is 2.22. The molecule has 0 unspecified atom stereocenters. The number of piperazine rings is 1. The van der Waals surface area contributed by atoms with Crippen LogP contribution in [0.4, 0.5) is 0 Å². The summed E-state index contributed by atoms with van der Waals surface area (Å²) in [6, 6.07) is 11.3. The van der Waals surface area contributed by atoms with E-state index < -0.39 is 0 Å². The third-order valence-electron chi connectivity index (χ3n) is 5.25. The number of H-pyrrole nitrogens is 1. The molecule has 0 spiro atoms. The number of fused-ring (bicyclic) bond motifs is 1. The fraction of sp³-hybridized carbons (Fsp3) is 0.333. The number of amides is 1. The van der Waals surface area contributed by atoms with E-state index in [4.69, 9.17) is 0 Å². The summed E-state index contributed by atoms with van der Waals surface area (Å²) in [5.41, 5.74) is 2.96. The van der Waals surface area contributed by atoms with E-state index in [1.54, 1.807) is 10.6 Å². The Hall–Kier alpha value is -2.86. The molecule has 1 saturated heterocycles. The Morgan fingerprint density at radius 3 is 2.67 bits per heavy atom. The number of nitrogens with zero attached hydrogens (tertiary/aromatic N) is 3. The van der Waals surface area contributed by atoms with Gasteiger partial charge in [-0.15, -0.1) is 0 Å². The van der Waals surface area contributed by atoms with Crippen LogP contribution in [0.2, 0.25) is 0 Å². The van der Waals surface area contributed by atoms with E-state index in [-0.39, 0.29) is 11.5 Å². The molecule has 27 heavy (non-hydrogen) atoms. The number of pyridine rings is 1. The molecular weight excluding hydrogens is 340 g/mol. The lowest BCUT2D eigenvalue weighted by Gasteiger charge is -2.34. The normalized spacial score (nSPS) is 15.4. The molecule has 2 aromatic heterocycles. The molecule has 0 saturated carbocycles. The molecular formula is C21H24N4O2. The van der Waals surface area contributed by atoms with Crippen LogP contribution < -0.4 is 5.56 Å². The Kier molecular flexibility index (Phi) is 4.81. The molecule has 1 fully saturated rings. The molecule has 1 aliphatic rings. The number of nitrogens with one attached hydrogen (secondary N) is 1. The van der Waals surface area contributed by atoms with Gasteiger partial charge in [0.1, 0.15) is 0 Å². The number of benzene rings is 1. The second kappa shape index (κ2) is 7.40. The van der Waals surface area contributed by atoms with Crippen LogP contribution in [0.1, 0.15) is 22.8 Å². The van der Waals surface area contributed by atoms with Crippen molar-refractivity contribution in [2.75, 3.05) is 26.2 Å². The van der Waals surface area contributed by atoms with Gasteiger partial charge in [0.15, 0.2) is 0 Å². The third-order valence-corrected chi connectivity index (χ3v) is 5.25. The molecule has 0 bridgehead atoms. The van der Waals surface area contributed by atoms with Crippen molar-refractivity contribution in [3.63, 3.8) is 0 Å². The topological polar surface area (TPSA) is 61.3 Å². The van der Waals surface area contributed by atoms with Crippen molar-refractivity contribution in [1.82, 2.24) is 19.4 Å². The molecule has 1 amide bonds. The van der Waals surface area contributed by atoms with Crippen molar-refractivity contribution in [3.05, 3.63) is 70.3 Å². The first-order valence-electron chi connectivity index (χ1n) is 9.42. The summed E-state index contributed by atoms with van der Waals surface area (Å²) >= 11 is 0. The molecule has 140 valence electrons. The van der Waals surface area contributed by atoms with Gasteiger partial charge in [-0.05, 0) is 36.8 Å². The van der Waals surface area contributed by atoms with Gasteiger partial charge in [-0.3, -0.25) is 14.5 Å². The van der Waals surface area contributed by atoms with Gasteiger partial charge in [0.25, 0.3) is 11.5 Å². The monoisotopic (exact) mass is 364 g/mol. The number of rotatable bonds is 4. The largest absolute Gasteiger partial charge is 0.361 e. The van der Waals surface area contributed by atoms with E-state index in [0.717, 1.165) is 54.8 Å². The first-order valence-corrected chi connectivity index (χ1v) is 9.42. The maximum absolute atomic E-state index is 12.8. The number of aromatic amines is 1. The van der Waals surface area contributed by atoms with E-state index in [9.17, 15) is 9.59 Å². The number of aryl methyl sites for hydroxylation is 1. The summed E-state index contributed by atoms with van der Waals surface area (Å²) in [5, 5.41) is 1.06. The average Bonchev–Trinajstić information content (AvgIpc) is 3.17. The SMILES string of the molecule is CCn1cc(CN2CCN(C(=O)c3ccc4[nH]ccc4c3)CC2)ccc1=O. The molecule has 0 atom stereocenters. The minimum Gasteiger partial charge on any atom is -0.361 e. The predicted octanol–water partition coefficient (Wildman–Crippen LogP) is 2.31. The van der Waals surface area contributed by atoms with Crippen molar-refractivity contribution in [2.45, 2.75) is 20.0 Å². The maximum atomic E-state index is 12.8. The molecule has 0 aliphatic carbocycles. The Labute approximate surface area is 158 Å². The number of aromatic nitrogens is 2. The van der Waals surface area contributed by atoms with E-state index >= 15 is 0 Å². The summed E-state index contributed by atoms with van der Waals surface area (Å²) < 4.78 is 1.73. The highest BCUT2D eigenvalue weighted by Crippen LogP contribution is 2.17. The summed E-state index contributed by atoms with van der Waals surface area (Å²) in [4.78, 5) is 31.9. The highest BCUT2D eigenvalue weighted by atomic mass is 16.2. The Bertz CT molecular complexity index is 1010. The van der Waals surface area contributed by atoms with Crippen LogP contribution >= 0.6 is 0 Å². The Morgan fingerprint density at radius 2 is 1.89 bits per heavy atom. The zero-order valence-electron chi connectivity index (χ0n) is 15.5. The minimum atomic E-state index is 0.0380. The van der Waals surface area contributed by atoms with E-state index in [2.05, 4.69) is 9.88 Å². The van der Waals surface area contributed by atoms with E-state index in [0.29, 0.717) is 6.54 Å². The van der Waals surface area contributed by atoms with E-state index in [1.165, 1.54) is 0 Å². The van der Waals surface area contributed by atoms with Crippen LogP contribution in [0.15, 0.2) is 53.6 Å². The molecule has 4 rings (SSSR count). The zero-order valence-corrected chi connectivity index (χ0v) is 15.5. The lowest BCUT2D eigenvalue weighted by Crippen LogP contribution is -2.48. The van der Waals surface area contributed by atoms with Gasteiger partial charge in [-0.25, -0.2) is 0 Å². The minimum absolute atomic E-state index is 0.0380. The smallest absolute Gasteiger partial charge is 0.253 e. The van der Waals surface area contributed by atoms with Crippen molar-refractivity contribution >= 4 is 16.8 Å². The van der Waals surface area contributed by atoms with Gasteiger partial charge in [0.2, 0.25) is 0 Å². The Balaban J connectivity index is 1.38. The van der Waals surface area contributed by atoms with Gasteiger partial charge >= 0.3 is 0 Å². The van der Waals surface area contributed by atoms with Crippen LogP contribution in [-0.4, -0.2) is 51.4 Å². The van der Waals surface area contributed by atoms with Gasteiger partial charge in [0.05, 0.1) is 0 Å². The van der Waals surface area contributed by atoms with Gasteiger partial charge in [-0.1, -0.05) is 6.07 Å². The fourth-order valence-electron chi connectivity index (χ4n) is 3.66. The maximum Gasteiger partial charge on any atom is 0.253 e. The van der Waals surface area contributed by atoms with Gasteiger partial charge in [-0.2, -0.15) is 0 Å². The quantitative estimate of drug-likeness (QED) is 0.773. The molecule has 6 nitrogen and oxygen atoms in total. The van der Waals surface area contributed by atoms with Crippen molar-refractivity contribution in [3.8, 4) is 0 Å². The summed E-state index contributed by atoms with van der Waals surface area (Å²) in [6.45, 7) is 6.57. The van der Waals surface area contributed by atoms with Crippen molar-refractivity contribution in [2.24, 2.45) is 0 Å².